The van der Waals surface area contributed by atoms with Gasteiger partial charge < -0.3 is 20.1 Å². The average molecular weight is 566 g/mol. The largest absolute Gasteiger partial charge is 0.493 e. The number of ether oxygens (including phenoxy) is 2. The molecule has 1 aliphatic carbocycles. The molecule has 0 saturated heterocycles. The van der Waals surface area contributed by atoms with E-state index in [0.29, 0.717) is 50.0 Å². The molecule has 6 bridgehead atoms. The second-order valence-electron chi connectivity index (χ2n) is 10.6. The SMILES string of the molecule is O=C1NCCCCOCc2cc(ccc2OCC2Cc3ccccc3C2)Nc2nccc(n2)-c2ccc1cc2[N+](=O)[O-]. The Morgan fingerprint density at radius 2 is 1.83 bits per heavy atom. The van der Waals surface area contributed by atoms with Crippen LogP contribution in [0.5, 0.6) is 5.75 Å². The van der Waals surface area contributed by atoms with E-state index in [0.717, 1.165) is 36.3 Å². The van der Waals surface area contributed by atoms with E-state index in [4.69, 9.17) is 9.47 Å². The van der Waals surface area contributed by atoms with Gasteiger partial charge in [0.1, 0.15) is 5.75 Å². The number of nitro groups is 1. The van der Waals surface area contributed by atoms with Gasteiger partial charge in [0.05, 0.1) is 29.4 Å². The summed E-state index contributed by atoms with van der Waals surface area (Å²) in [5, 5.41) is 18.0. The minimum atomic E-state index is -0.504. The molecule has 0 fully saturated rings. The van der Waals surface area contributed by atoms with Crippen LogP contribution >= 0.6 is 0 Å². The third-order valence-electron chi connectivity index (χ3n) is 7.57. The lowest BCUT2D eigenvalue weighted by atomic mass is 10.1. The molecule has 7 rings (SSSR count). The van der Waals surface area contributed by atoms with E-state index in [-0.39, 0.29) is 23.1 Å². The second-order valence-corrected chi connectivity index (χ2v) is 10.6. The molecule has 2 N–H and O–H groups in total. The highest BCUT2D eigenvalue weighted by Crippen LogP contribution is 2.32. The van der Waals surface area contributed by atoms with E-state index < -0.39 is 4.92 Å². The van der Waals surface area contributed by atoms with Crippen LogP contribution in [-0.4, -0.2) is 40.6 Å². The Labute approximate surface area is 243 Å². The van der Waals surface area contributed by atoms with Crippen molar-refractivity contribution < 1.29 is 19.2 Å². The van der Waals surface area contributed by atoms with Crippen molar-refractivity contribution in [2.24, 2.45) is 5.92 Å². The normalized spacial score (nSPS) is 15.5. The van der Waals surface area contributed by atoms with E-state index >= 15 is 0 Å². The highest BCUT2D eigenvalue weighted by atomic mass is 16.6. The molecule has 4 aromatic rings. The first kappa shape index (κ1) is 27.3. The van der Waals surface area contributed by atoms with Crippen molar-refractivity contribution in [3.8, 4) is 17.0 Å². The molecule has 214 valence electrons. The molecule has 42 heavy (non-hydrogen) atoms. The van der Waals surface area contributed by atoms with E-state index in [1.165, 1.54) is 17.2 Å². The van der Waals surface area contributed by atoms with Gasteiger partial charge in [-0.3, -0.25) is 14.9 Å². The molecule has 10 nitrogen and oxygen atoms in total. The summed E-state index contributed by atoms with van der Waals surface area (Å²) in [7, 11) is 0. The number of amides is 1. The first-order chi connectivity index (χ1) is 20.5. The minimum absolute atomic E-state index is 0.201. The van der Waals surface area contributed by atoms with Crippen molar-refractivity contribution in [3.05, 3.63) is 105 Å². The van der Waals surface area contributed by atoms with Crippen LogP contribution in [0, 0.1) is 16.0 Å². The summed E-state index contributed by atoms with van der Waals surface area (Å²) in [6.07, 6.45) is 5.01. The molecular formula is C32H31N5O5. The molecule has 0 spiro atoms. The average Bonchev–Trinajstić information content (AvgIpc) is 3.42. The van der Waals surface area contributed by atoms with Gasteiger partial charge in [0.15, 0.2) is 0 Å². The van der Waals surface area contributed by atoms with Crippen molar-refractivity contribution in [1.29, 1.82) is 0 Å². The molecule has 3 aromatic carbocycles. The number of hydrogen-bond donors (Lipinski definition) is 2. The number of anilines is 2. The van der Waals surface area contributed by atoms with Crippen LogP contribution in [0.15, 0.2) is 72.9 Å². The lowest BCUT2D eigenvalue weighted by Crippen LogP contribution is -2.24. The second kappa shape index (κ2) is 12.4. The number of carbonyl (C=O) groups excluding carboxylic acids is 1. The van der Waals surface area contributed by atoms with Gasteiger partial charge in [-0.05, 0) is 73.2 Å². The topological polar surface area (TPSA) is 129 Å². The van der Waals surface area contributed by atoms with Crippen LogP contribution in [0.2, 0.25) is 0 Å². The summed E-state index contributed by atoms with van der Waals surface area (Å²) in [5.74, 6) is 1.10. The van der Waals surface area contributed by atoms with Crippen molar-refractivity contribution in [3.63, 3.8) is 0 Å². The van der Waals surface area contributed by atoms with Crippen molar-refractivity contribution >= 4 is 23.2 Å². The standard InChI is InChI=1S/C32H31N5O5/c38-31-24-7-9-27(29(18-24)37(39)40)28-11-13-34-32(36-28)35-26-8-10-30(25(17-26)20-41-14-4-3-12-33-31)42-19-21-15-22-5-1-2-6-23(22)16-21/h1-2,5-11,13,17-18,21H,3-4,12,14-16,19-20H2,(H,33,38)(H,34,35,36). The molecule has 10 heteroatoms. The molecule has 0 radical (unpaired) electrons. The number of aromatic nitrogens is 2. The summed E-state index contributed by atoms with van der Waals surface area (Å²) >= 11 is 0. The van der Waals surface area contributed by atoms with Gasteiger partial charge >= 0.3 is 0 Å². The lowest BCUT2D eigenvalue weighted by Gasteiger charge is -2.17. The van der Waals surface area contributed by atoms with Gasteiger partial charge in [0.2, 0.25) is 5.95 Å². The summed E-state index contributed by atoms with van der Waals surface area (Å²) in [5.41, 5.74) is 5.10. The van der Waals surface area contributed by atoms with Crippen molar-refractivity contribution in [2.45, 2.75) is 32.3 Å². The number of carbonyl (C=O) groups is 1. The van der Waals surface area contributed by atoms with Crippen LogP contribution in [0.1, 0.15) is 39.9 Å². The van der Waals surface area contributed by atoms with Gasteiger partial charge in [0, 0.05) is 48.1 Å². The number of rotatable bonds is 4. The first-order valence-electron chi connectivity index (χ1n) is 14.1. The summed E-state index contributed by atoms with van der Waals surface area (Å²) in [4.78, 5) is 32.9. The molecule has 0 atom stereocenters. The number of hydrogen-bond acceptors (Lipinski definition) is 8. The van der Waals surface area contributed by atoms with Crippen molar-refractivity contribution in [1.82, 2.24) is 15.3 Å². The van der Waals surface area contributed by atoms with E-state index in [9.17, 15) is 14.9 Å². The highest BCUT2D eigenvalue weighted by Gasteiger charge is 2.23. The molecule has 2 aliphatic heterocycles. The number of nitrogens with one attached hydrogen (secondary N) is 2. The number of nitrogens with zero attached hydrogens (tertiary/aromatic N) is 3. The van der Waals surface area contributed by atoms with Crippen LogP contribution in [0.4, 0.5) is 17.3 Å². The minimum Gasteiger partial charge on any atom is -0.493 e. The fraction of sp³-hybridized carbons (Fsp3) is 0.281. The lowest BCUT2D eigenvalue weighted by molar-refractivity contribution is -0.384. The number of fused-ring (bicyclic) bond motifs is 10. The first-order valence-corrected chi connectivity index (χ1v) is 14.1. The zero-order valence-corrected chi connectivity index (χ0v) is 23.0. The summed E-state index contributed by atoms with van der Waals surface area (Å²) in [6, 6.07) is 20.3. The maximum absolute atomic E-state index is 12.7. The Balaban J connectivity index is 1.26. The predicted molar refractivity (Wildman–Crippen MR) is 158 cm³/mol. The van der Waals surface area contributed by atoms with Crippen LogP contribution in [-0.2, 0) is 24.2 Å². The van der Waals surface area contributed by atoms with Crippen LogP contribution < -0.4 is 15.4 Å². The number of nitro benzene ring substituents is 1. The highest BCUT2D eigenvalue weighted by molar-refractivity contribution is 5.96. The Hall–Kier alpha value is -4.83. The maximum Gasteiger partial charge on any atom is 0.279 e. The van der Waals surface area contributed by atoms with Gasteiger partial charge in [-0.1, -0.05) is 24.3 Å². The van der Waals surface area contributed by atoms with Crippen LogP contribution in [0.3, 0.4) is 0 Å². The Bertz CT molecular complexity index is 1600. The molecule has 1 amide bonds. The van der Waals surface area contributed by atoms with Crippen molar-refractivity contribution in [2.75, 3.05) is 25.1 Å². The Kier molecular flexibility index (Phi) is 8.05. The zero-order valence-electron chi connectivity index (χ0n) is 23.0. The Morgan fingerprint density at radius 3 is 2.64 bits per heavy atom. The zero-order chi connectivity index (χ0) is 28.9. The molecule has 0 saturated carbocycles. The molecule has 3 heterocycles. The summed E-state index contributed by atoms with van der Waals surface area (Å²) < 4.78 is 12.3. The number of benzene rings is 3. The smallest absolute Gasteiger partial charge is 0.279 e. The monoisotopic (exact) mass is 565 g/mol. The quantitative estimate of drug-likeness (QED) is 0.241. The predicted octanol–water partition coefficient (Wildman–Crippen LogP) is 5.63. The summed E-state index contributed by atoms with van der Waals surface area (Å²) in [6.45, 7) is 1.91. The Morgan fingerprint density at radius 1 is 1.00 bits per heavy atom. The fourth-order valence-electron chi connectivity index (χ4n) is 5.44. The van der Waals surface area contributed by atoms with Crippen LogP contribution in [0.25, 0.3) is 11.3 Å². The van der Waals surface area contributed by atoms with E-state index in [2.05, 4.69) is 44.9 Å². The molecule has 1 aromatic heterocycles. The van der Waals surface area contributed by atoms with Gasteiger partial charge in [-0.15, -0.1) is 0 Å². The molecule has 0 unspecified atom stereocenters. The maximum atomic E-state index is 12.7. The van der Waals surface area contributed by atoms with Gasteiger partial charge in [0.25, 0.3) is 11.6 Å². The molecular weight excluding hydrogens is 534 g/mol. The van der Waals surface area contributed by atoms with E-state index in [1.54, 1.807) is 24.4 Å². The third kappa shape index (κ3) is 6.23. The van der Waals surface area contributed by atoms with E-state index in [1.807, 2.05) is 18.2 Å². The molecule has 3 aliphatic rings. The third-order valence-corrected chi connectivity index (χ3v) is 7.57. The van der Waals surface area contributed by atoms with Gasteiger partial charge in [-0.2, -0.15) is 0 Å². The van der Waals surface area contributed by atoms with Gasteiger partial charge in [-0.25, -0.2) is 9.97 Å². The fourth-order valence-corrected chi connectivity index (χ4v) is 5.44.